The molecule has 3 amide bonds. The molecule has 1 fully saturated rings. The van der Waals surface area contributed by atoms with Crippen LogP contribution >= 0.6 is 0 Å². The lowest BCUT2D eigenvalue weighted by molar-refractivity contribution is -0.140. The third-order valence-electron chi connectivity index (χ3n) is 5.41. The molecule has 0 saturated carbocycles. The highest BCUT2D eigenvalue weighted by Crippen LogP contribution is 2.26. The maximum atomic E-state index is 12.7. The first-order valence-corrected chi connectivity index (χ1v) is 9.49. The zero-order valence-electron chi connectivity index (χ0n) is 15.9. The number of carboxylic acids is 1. The molecule has 1 aromatic carbocycles. The summed E-state index contributed by atoms with van der Waals surface area (Å²) in [5.74, 6) is -2.81. The summed E-state index contributed by atoms with van der Waals surface area (Å²) in [6, 6.07) is 3.21. The molecule has 150 valence electrons. The van der Waals surface area contributed by atoms with Gasteiger partial charge in [0.15, 0.2) is 0 Å². The maximum absolute atomic E-state index is 12.7. The predicted octanol–water partition coefficient (Wildman–Crippen LogP) is 1.69. The van der Waals surface area contributed by atoms with Crippen LogP contribution in [0.2, 0.25) is 0 Å². The van der Waals surface area contributed by atoms with Crippen molar-refractivity contribution in [2.24, 2.45) is 5.92 Å². The second kappa shape index (κ2) is 8.10. The molecule has 0 aliphatic carbocycles. The molecular weight excluding hydrogens is 364 g/mol. The van der Waals surface area contributed by atoms with Crippen LogP contribution in [0.1, 0.15) is 64.2 Å². The minimum absolute atomic E-state index is 0.147. The number of rotatable bonds is 7. The Morgan fingerprint density at radius 1 is 1.29 bits per heavy atom. The molecule has 1 aromatic rings. The molecule has 3 rings (SSSR count). The van der Waals surface area contributed by atoms with Crippen LogP contribution in [0, 0.1) is 5.92 Å². The number of nitrogens with zero attached hydrogens (tertiary/aromatic N) is 1. The number of carbonyl (C=O) groups excluding carboxylic acids is 3. The average Bonchev–Trinajstić information content (AvgIpc) is 3.28. The Kier molecular flexibility index (Phi) is 5.79. The van der Waals surface area contributed by atoms with Gasteiger partial charge in [-0.15, -0.1) is 0 Å². The van der Waals surface area contributed by atoms with Crippen molar-refractivity contribution in [3.63, 3.8) is 0 Å². The van der Waals surface area contributed by atoms with Gasteiger partial charge >= 0.3 is 5.97 Å². The standard InChI is InChI=1S/C20H24N2O6/c1-3-11(2)16(20(26)27)21-17(23)12-6-7-14-15(9-12)19(25)22(18(14)24)10-13-5-4-8-28-13/h6-7,9,11,13,16H,3-5,8,10H2,1-2H3,(H,21,23)(H,26,27)/t11-,13?,16-/m0/s1. The lowest BCUT2D eigenvalue weighted by atomic mass is 9.98. The Morgan fingerprint density at radius 3 is 2.61 bits per heavy atom. The number of amides is 3. The normalized spacial score (nSPS) is 20.8. The fourth-order valence-electron chi connectivity index (χ4n) is 3.50. The van der Waals surface area contributed by atoms with Crippen molar-refractivity contribution in [1.29, 1.82) is 0 Å². The van der Waals surface area contributed by atoms with Crippen LogP contribution < -0.4 is 5.32 Å². The fourth-order valence-corrected chi connectivity index (χ4v) is 3.50. The zero-order chi connectivity index (χ0) is 20.4. The Labute approximate surface area is 162 Å². The van der Waals surface area contributed by atoms with Crippen LogP contribution in [-0.2, 0) is 9.53 Å². The second-order valence-electron chi connectivity index (χ2n) is 7.29. The molecule has 1 saturated heterocycles. The highest BCUT2D eigenvalue weighted by Gasteiger charge is 2.38. The van der Waals surface area contributed by atoms with Crippen molar-refractivity contribution in [3.05, 3.63) is 34.9 Å². The number of nitrogens with one attached hydrogen (secondary N) is 1. The first-order chi connectivity index (χ1) is 13.3. The molecule has 2 aliphatic rings. The smallest absolute Gasteiger partial charge is 0.326 e. The summed E-state index contributed by atoms with van der Waals surface area (Å²) >= 11 is 0. The van der Waals surface area contributed by atoms with E-state index in [1.54, 1.807) is 6.92 Å². The molecule has 2 N–H and O–H groups in total. The van der Waals surface area contributed by atoms with E-state index in [9.17, 15) is 24.3 Å². The Morgan fingerprint density at radius 2 is 2.00 bits per heavy atom. The number of carbonyl (C=O) groups is 4. The summed E-state index contributed by atoms with van der Waals surface area (Å²) in [5, 5.41) is 11.8. The van der Waals surface area contributed by atoms with Crippen LogP contribution in [0.3, 0.4) is 0 Å². The molecule has 0 bridgehead atoms. The average molecular weight is 388 g/mol. The van der Waals surface area contributed by atoms with Gasteiger partial charge in [-0.3, -0.25) is 19.3 Å². The topological polar surface area (TPSA) is 113 Å². The first-order valence-electron chi connectivity index (χ1n) is 9.49. The number of aliphatic carboxylic acids is 1. The van der Waals surface area contributed by atoms with Crippen molar-refractivity contribution in [1.82, 2.24) is 10.2 Å². The largest absolute Gasteiger partial charge is 0.480 e. The summed E-state index contributed by atoms with van der Waals surface area (Å²) in [6.45, 7) is 4.41. The second-order valence-corrected chi connectivity index (χ2v) is 7.29. The van der Waals surface area contributed by atoms with Gasteiger partial charge in [-0.1, -0.05) is 20.3 Å². The minimum atomic E-state index is -1.11. The van der Waals surface area contributed by atoms with Crippen LogP contribution in [0.15, 0.2) is 18.2 Å². The number of imide groups is 1. The van der Waals surface area contributed by atoms with Crippen molar-refractivity contribution in [3.8, 4) is 0 Å². The minimum Gasteiger partial charge on any atom is -0.480 e. The highest BCUT2D eigenvalue weighted by molar-refractivity contribution is 6.22. The van der Waals surface area contributed by atoms with Gasteiger partial charge < -0.3 is 15.2 Å². The van der Waals surface area contributed by atoms with Crippen LogP contribution in [-0.4, -0.2) is 59.0 Å². The van der Waals surface area contributed by atoms with E-state index >= 15 is 0 Å². The quantitative estimate of drug-likeness (QED) is 0.688. The molecule has 0 spiro atoms. The lowest BCUT2D eigenvalue weighted by Gasteiger charge is -2.20. The van der Waals surface area contributed by atoms with Gasteiger partial charge in [-0.25, -0.2) is 4.79 Å². The summed E-state index contributed by atoms with van der Waals surface area (Å²) in [7, 11) is 0. The SMILES string of the molecule is CC[C@H](C)[C@H](NC(=O)c1ccc2c(c1)C(=O)N(CC1CCCO1)C2=O)C(=O)O. The van der Waals surface area contributed by atoms with E-state index in [1.807, 2.05) is 6.92 Å². The summed E-state index contributed by atoms with van der Waals surface area (Å²) in [6.07, 6.45) is 2.13. The van der Waals surface area contributed by atoms with Crippen molar-refractivity contribution in [2.45, 2.75) is 45.3 Å². The van der Waals surface area contributed by atoms with E-state index in [-0.39, 0.29) is 35.3 Å². The molecular formula is C20H24N2O6. The van der Waals surface area contributed by atoms with Gasteiger partial charge in [0.25, 0.3) is 17.7 Å². The molecule has 8 heteroatoms. The number of hydrogen-bond donors (Lipinski definition) is 2. The third-order valence-corrected chi connectivity index (χ3v) is 5.41. The molecule has 2 aliphatic heterocycles. The molecule has 2 heterocycles. The number of benzene rings is 1. The van der Waals surface area contributed by atoms with E-state index in [1.165, 1.54) is 18.2 Å². The van der Waals surface area contributed by atoms with Gasteiger partial charge in [0.1, 0.15) is 6.04 Å². The summed E-state index contributed by atoms with van der Waals surface area (Å²) < 4.78 is 5.51. The van der Waals surface area contributed by atoms with Crippen LogP contribution in [0.4, 0.5) is 0 Å². The van der Waals surface area contributed by atoms with Crippen LogP contribution in [0.5, 0.6) is 0 Å². The summed E-state index contributed by atoms with van der Waals surface area (Å²) in [4.78, 5) is 50.3. The van der Waals surface area contributed by atoms with Crippen molar-refractivity contribution in [2.75, 3.05) is 13.2 Å². The first kappa shape index (κ1) is 20.0. The molecule has 3 atom stereocenters. The molecule has 0 aromatic heterocycles. The Bertz CT molecular complexity index is 815. The van der Waals surface area contributed by atoms with E-state index in [4.69, 9.17) is 4.74 Å². The van der Waals surface area contributed by atoms with Crippen LogP contribution in [0.25, 0.3) is 0 Å². The van der Waals surface area contributed by atoms with Gasteiger partial charge in [0.2, 0.25) is 0 Å². The van der Waals surface area contributed by atoms with Crippen molar-refractivity contribution >= 4 is 23.7 Å². The number of carboxylic acid groups (broad SMARTS) is 1. The molecule has 8 nitrogen and oxygen atoms in total. The van der Waals surface area contributed by atoms with Gasteiger partial charge in [-0.05, 0) is 37.0 Å². The van der Waals surface area contributed by atoms with Gasteiger partial charge in [0.05, 0.1) is 23.8 Å². The third kappa shape index (κ3) is 3.77. The lowest BCUT2D eigenvalue weighted by Crippen LogP contribution is -2.45. The van der Waals surface area contributed by atoms with E-state index < -0.39 is 29.7 Å². The predicted molar refractivity (Wildman–Crippen MR) is 99.1 cm³/mol. The Hall–Kier alpha value is -2.74. The van der Waals surface area contributed by atoms with Gasteiger partial charge in [0, 0.05) is 12.2 Å². The van der Waals surface area contributed by atoms with E-state index in [0.717, 1.165) is 17.7 Å². The van der Waals surface area contributed by atoms with E-state index in [2.05, 4.69) is 5.32 Å². The molecule has 1 unspecified atom stereocenters. The Balaban J connectivity index is 1.78. The fraction of sp³-hybridized carbons (Fsp3) is 0.500. The monoisotopic (exact) mass is 388 g/mol. The highest BCUT2D eigenvalue weighted by atomic mass is 16.5. The number of fused-ring (bicyclic) bond motifs is 1. The maximum Gasteiger partial charge on any atom is 0.326 e. The van der Waals surface area contributed by atoms with Crippen molar-refractivity contribution < 1.29 is 29.0 Å². The molecule has 0 radical (unpaired) electrons. The summed E-state index contributed by atoms with van der Waals surface area (Å²) in [5.41, 5.74) is 0.552. The van der Waals surface area contributed by atoms with Gasteiger partial charge in [-0.2, -0.15) is 0 Å². The number of ether oxygens (including phenoxy) is 1. The van der Waals surface area contributed by atoms with E-state index in [0.29, 0.717) is 13.0 Å². The number of hydrogen-bond acceptors (Lipinski definition) is 5. The zero-order valence-corrected chi connectivity index (χ0v) is 15.9. The molecule has 28 heavy (non-hydrogen) atoms.